The molecular formula is C17H14BrNO2. The van der Waals surface area contributed by atoms with Crippen LogP contribution in [-0.2, 0) is 0 Å². The number of para-hydroxylation sites is 1. The van der Waals surface area contributed by atoms with Crippen LogP contribution < -0.4 is 5.32 Å². The summed E-state index contributed by atoms with van der Waals surface area (Å²) in [7, 11) is 0. The molecule has 21 heavy (non-hydrogen) atoms. The zero-order chi connectivity index (χ0) is 14.8. The van der Waals surface area contributed by atoms with Gasteiger partial charge in [-0.3, -0.25) is 4.79 Å². The van der Waals surface area contributed by atoms with Gasteiger partial charge >= 0.3 is 0 Å². The smallest absolute Gasteiger partial charge is 0.287 e. The van der Waals surface area contributed by atoms with Crippen LogP contribution in [0.5, 0.6) is 0 Å². The first kappa shape index (κ1) is 13.9. The Morgan fingerprint density at radius 2 is 1.86 bits per heavy atom. The summed E-state index contributed by atoms with van der Waals surface area (Å²) < 4.78 is 6.58. The van der Waals surface area contributed by atoms with Crippen LogP contribution >= 0.6 is 15.9 Å². The zero-order valence-electron chi connectivity index (χ0n) is 11.5. The van der Waals surface area contributed by atoms with Gasteiger partial charge in [-0.2, -0.15) is 0 Å². The summed E-state index contributed by atoms with van der Waals surface area (Å²) in [5.74, 6) is 0.127. The van der Waals surface area contributed by atoms with Crippen molar-refractivity contribution in [1.29, 1.82) is 0 Å². The molecule has 3 rings (SSSR count). The second-order valence-electron chi connectivity index (χ2n) is 4.90. The summed E-state index contributed by atoms with van der Waals surface area (Å²) in [4.78, 5) is 12.3. The van der Waals surface area contributed by atoms with Crippen molar-refractivity contribution in [3.63, 3.8) is 0 Å². The largest absolute Gasteiger partial charge is 0.451 e. The quantitative estimate of drug-likeness (QED) is 0.749. The number of benzene rings is 2. The van der Waals surface area contributed by atoms with Crippen molar-refractivity contribution >= 4 is 32.8 Å². The van der Waals surface area contributed by atoms with Gasteiger partial charge in [-0.1, -0.05) is 46.3 Å². The Labute approximate surface area is 131 Å². The Bertz CT molecular complexity index is 744. The first-order valence-electron chi connectivity index (χ1n) is 6.68. The molecule has 0 aliphatic rings. The molecule has 3 nitrogen and oxygen atoms in total. The third kappa shape index (κ3) is 3.00. The highest BCUT2D eigenvalue weighted by atomic mass is 79.9. The number of hydrogen-bond acceptors (Lipinski definition) is 2. The predicted octanol–water partition coefficient (Wildman–Crippen LogP) is 4.69. The lowest BCUT2D eigenvalue weighted by Gasteiger charge is -2.13. The molecule has 0 saturated carbocycles. The van der Waals surface area contributed by atoms with Crippen molar-refractivity contribution in [3.8, 4) is 0 Å². The number of hydrogen-bond donors (Lipinski definition) is 1. The van der Waals surface area contributed by atoms with Crippen LogP contribution in [0.15, 0.2) is 63.5 Å². The number of carbonyl (C=O) groups excluding carboxylic acids is 1. The van der Waals surface area contributed by atoms with Gasteiger partial charge in [-0.25, -0.2) is 0 Å². The fourth-order valence-corrected chi connectivity index (χ4v) is 2.46. The minimum atomic E-state index is -0.207. The molecule has 0 aliphatic carbocycles. The van der Waals surface area contributed by atoms with Gasteiger partial charge in [0.1, 0.15) is 5.58 Å². The number of halogens is 1. The topological polar surface area (TPSA) is 42.2 Å². The highest BCUT2D eigenvalue weighted by molar-refractivity contribution is 9.10. The molecule has 0 fully saturated rings. The maximum Gasteiger partial charge on any atom is 0.287 e. The predicted molar refractivity (Wildman–Crippen MR) is 86.2 cm³/mol. The van der Waals surface area contributed by atoms with E-state index in [9.17, 15) is 4.79 Å². The van der Waals surface area contributed by atoms with Crippen molar-refractivity contribution in [3.05, 3.63) is 70.4 Å². The van der Waals surface area contributed by atoms with Crippen LogP contribution in [0.2, 0.25) is 0 Å². The van der Waals surface area contributed by atoms with Crippen molar-refractivity contribution in [1.82, 2.24) is 5.32 Å². The molecule has 1 unspecified atom stereocenters. The van der Waals surface area contributed by atoms with Gasteiger partial charge in [0.15, 0.2) is 5.76 Å². The third-order valence-electron chi connectivity index (χ3n) is 3.37. The lowest BCUT2D eigenvalue weighted by atomic mass is 10.1. The maximum atomic E-state index is 12.3. The normalized spacial score (nSPS) is 12.3. The molecule has 2 aromatic carbocycles. The first-order chi connectivity index (χ1) is 10.1. The van der Waals surface area contributed by atoms with Crippen molar-refractivity contribution in [2.75, 3.05) is 0 Å². The van der Waals surface area contributed by atoms with Crippen LogP contribution in [0.3, 0.4) is 0 Å². The molecule has 106 valence electrons. The molecule has 4 heteroatoms. The van der Waals surface area contributed by atoms with E-state index in [0.717, 1.165) is 21.0 Å². The van der Waals surface area contributed by atoms with Crippen LogP contribution in [-0.4, -0.2) is 5.91 Å². The molecule has 1 aromatic heterocycles. The average Bonchev–Trinajstić information content (AvgIpc) is 2.92. The number of nitrogens with one attached hydrogen (secondary N) is 1. The fourth-order valence-electron chi connectivity index (χ4n) is 2.20. The monoisotopic (exact) mass is 343 g/mol. The summed E-state index contributed by atoms with van der Waals surface area (Å²) in [6.45, 7) is 1.95. The molecular weight excluding hydrogens is 330 g/mol. The molecule has 1 amide bonds. The lowest BCUT2D eigenvalue weighted by molar-refractivity contribution is 0.0914. The van der Waals surface area contributed by atoms with E-state index >= 15 is 0 Å². The average molecular weight is 344 g/mol. The lowest BCUT2D eigenvalue weighted by Crippen LogP contribution is -2.26. The van der Waals surface area contributed by atoms with Gasteiger partial charge in [0.05, 0.1) is 6.04 Å². The standard InChI is InChI=1S/C17H14BrNO2/c1-11(12-6-8-14(18)9-7-12)19-17(20)16-10-13-4-2-3-5-15(13)21-16/h2-11H,1H3,(H,19,20). The Morgan fingerprint density at radius 1 is 1.14 bits per heavy atom. The molecule has 1 heterocycles. The van der Waals surface area contributed by atoms with Crippen LogP contribution in [0, 0.1) is 0 Å². The Balaban J connectivity index is 1.77. The van der Waals surface area contributed by atoms with E-state index in [-0.39, 0.29) is 11.9 Å². The number of amides is 1. The highest BCUT2D eigenvalue weighted by Gasteiger charge is 2.15. The van der Waals surface area contributed by atoms with Crippen molar-refractivity contribution in [2.24, 2.45) is 0 Å². The SMILES string of the molecule is CC(NC(=O)c1cc2ccccc2o1)c1ccc(Br)cc1. The molecule has 0 aliphatic heterocycles. The van der Waals surface area contributed by atoms with Crippen molar-refractivity contribution < 1.29 is 9.21 Å². The summed E-state index contributed by atoms with van der Waals surface area (Å²) in [5, 5.41) is 3.87. The molecule has 1 N–H and O–H groups in total. The molecule has 3 aromatic rings. The molecule has 0 spiro atoms. The summed E-state index contributed by atoms with van der Waals surface area (Å²) >= 11 is 3.40. The number of carbonyl (C=O) groups is 1. The summed E-state index contributed by atoms with van der Waals surface area (Å²) in [5.41, 5.74) is 1.77. The van der Waals surface area contributed by atoms with E-state index < -0.39 is 0 Å². The second kappa shape index (κ2) is 5.74. The molecule has 1 atom stereocenters. The van der Waals surface area contributed by atoms with E-state index in [1.54, 1.807) is 6.07 Å². The van der Waals surface area contributed by atoms with Gasteiger partial charge in [0, 0.05) is 9.86 Å². The van der Waals surface area contributed by atoms with E-state index in [2.05, 4.69) is 21.2 Å². The summed E-state index contributed by atoms with van der Waals surface area (Å²) in [6.07, 6.45) is 0. The maximum absolute atomic E-state index is 12.3. The van der Waals surface area contributed by atoms with Crippen LogP contribution in [0.1, 0.15) is 29.1 Å². The van der Waals surface area contributed by atoms with E-state index in [4.69, 9.17) is 4.42 Å². The summed E-state index contributed by atoms with van der Waals surface area (Å²) in [6, 6.07) is 17.1. The highest BCUT2D eigenvalue weighted by Crippen LogP contribution is 2.20. The first-order valence-corrected chi connectivity index (χ1v) is 7.48. The van der Waals surface area contributed by atoms with Crippen LogP contribution in [0.25, 0.3) is 11.0 Å². The Kier molecular flexibility index (Phi) is 3.80. The Hall–Kier alpha value is -2.07. The zero-order valence-corrected chi connectivity index (χ0v) is 13.1. The van der Waals surface area contributed by atoms with E-state index in [1.807, 2.05) is 55.5 Å². The van der Waals surface area contributed by atoms with Gasteiger partial charge in [0.25, 0.3) is 5.91 Å². The van der Waals surface area contributed by atoms with Gasteiger partial charge in [-0.05, 0) is 36.8 Å². The number of rotatable bonds is 3. The van der Waals surface area contributed by atoms with Crippen molar-refractivity contribution in [2.45, 2.75) is 13.0 Å². The molecule has 0 radical (unpaired) electrons. The van der Waals surface area contributed by atoms with Gasteiger partial charge in [0.2, 0.25) is 0 Å². The minimum absolute atomic E-state index is 0.0844. The molecule has 0 bridgehead atoms. The van der Waals surface area contributed by atoms with E-state index in [1.165, 1.54) is 0 Å². The molecule has 0 saturated heterocycles. The number of furan rings is 1. The van der Waals surface area contributed by atoms with Gasteiger partial charge in [-0.15, -0.1) is 0 Å². The van der Waals surface area contributed by atoms with Crippen LogP contribution in [0.4, 0.5) is 0 Å². The fraction of sp³-hybridized carbons (Fsp3) is 0.118. The Morgan fingerprint density at radius 3 is 2.57 bits per heavy atom. The van der Waals surface area contributed by atoms with Gasteiger partial charge < -0.3 is 9.73 Å². The third-order valence-corrected chi connectivity index (χ3v) is 3.90. The number of fused-ring (bicyclic) bond motifs is 1. The van der Waals surface area contributed by atoms with E-state index in [0.29, 0.717) is 5.76 Å². The second-order valence-corrected chi connectivity index (χ2v) is 5.81. The minimum Gasteiger partial charge on any atom is -0.451 e.